The van der Waals surface area contributed by atoms with Crippen molar-refractivity contribution in [2.75, 3.05) is 32.8 Å². The first-order chi connectivity index (χ1) is 19.7. The molecule has 3 aliphatic rings. The van der Waals surface area contributed by atoms with Crippen molar-refractivity contribution >= 4 is 33.7 Å². The molecule has 3 saturated heterocycles. The quantitative estimate of drug-likeness (QED) is 0.145. The van der Waals surface area contributed by atoms with Gasteiger partial charge in [-0.2, -0.15) is 0 Å². The number of fused-ring (bicyclic) bond motifs is 1. The van der Waals surface area contributed by atoms with Gasteiger partial charge in [-0.1, -0.05) is 68.6 Å². The second-order valence-electron chi connectivity index (χ2n) is 14.2. The Morgan fingerprint density at radius 3 is 2.31 bits per heavy atom. The Kier molecular flexibility index (Phi) is 11.5. The van der Waals surface area contributed by atoms with Crippen LogP contribution in [0.1, 0.15) is 86.5 Å². The van der Waals surface area contributed by atoms with Crippen molar-refractivity contribution in [2.45, 2.75) is 115 Å². The van der Waals surface area contributed by atoms with Gasteiger partial charge < -0.3 is 24.5 Å². The zero-order valence-corrected chi connectivity index (χ0v) is 28.3. The summed E-state index contributed by atoms with van der Waals surface area (Å²) in [4.78, 5) is 48.6. The van der Waals surface area contributed by atoms with Crippen molar-refractivity contribution in [1.29, 1.82) is 0 Å². The summed E-state index contributed by atoms with van der Waals surface area (Å²) in [6, 6.07) is -0.825. The van der Waals surface area contributed by atoms with Crippen LogP contribution in [-0.4, -0.2) is 98.4 Å². The number of nitrogens with zero attached hydrogens (tertiary/aromatic N) is 3. The fourth-order valence-electron chi connectivity index (χ4n) is 7.91. The summed E-state index contributed by atoms with van der Waals surface area (Å²) < 4.78 is 6.77. The smallest absolute Gasteiger partial charge is 0.249 e. The van der Waals surface area contributed by atoms with Crippen LogP contribution < -0.4 is 0 Å². The molecule has 3 rings (SSSR count). The Labute approximate surface area is 262 Å². The minimum atomic E-state index is -1.08. The lowest BCUT2D eigenvalue weighted by Gasteiger charge is -2.45. The van der Waals surface area contributed by atoms with Crippen molar-refractivity contribution in [1.82, 2.24) is 14.7 Å². The summed E-state index contributed by atoms with van der Waals surface area (Å²) in [6.07, 6.45) is 8.14. The molecule has 8 nitrogen and oxygen atoms in total. The highest BCUT2D eigenvalue weighted by Gasteiger charge is 2.77. The average molecular weight is 653 g/mol. The van der Waals surface area contributed by atoms with E-state index >= 15 is 0 Å². The molecule has 0 aromatic carbocycles. The van der Waals surface area contributed by atoms with Crippen LogP contribution in [0.25, 0.3) is 0 Å². The first-order valence-corrected chi connectivity index (χ1v) is 16.7. The summed E-state index contributed by atoms with van der Waals surface area (Å²) >= 11 is 3.80. The van der Waals surface area contributed by atoms with Crippen LogP contribution >= 0.6 is 15.9 Å². The minimum absolute atomic E-state index is 0.0312. The molecule has 0 saturated carbocycles. The van der Waals surface area contributed by atoms with E-state index in [1.54, 1.807) is 22.0 Å². The van der Waals surface area contributed by atoms with Crippen LogP contribution in [0.15, 0.2) is 25.3 Å². The van der Waals surface area contributed by atoms with Crippen LogP contribution in [0, 0.1) is 17.3 Å². The maximum absolute atomic E-state index is 14.9. The van der Waals surface area contributed by atoms with Gasteiger partial charge >= 0.3 is 0 Å². The van der Waals surface area contributed by atoms with Crippen LogP contribution in [0.5, 0.6) is 0 Å². The van der Waals surface area contributed by atoms with Crippen LogP contribution in [0.2, 0.25) is 0 Å². The molecule has 0 aliphatic carbocycles. The second kappa shape index (κ2) is 13.9. The number of aliphatic hydroxyl groups excluding tert-OH is 1. The van der Waals surface area contributed by atoms with E-state index in [1.165, 1.54) is 0 Å². The maximum atomic E-state index is 14.9. The summed E-state index contributed by atoms with van der Waals surface area (Å²) in [5, 5.41) is 9.22. The van der Waals surface area contributed by atoms with Crippen molar-refractivity contribution in [3.8, 4) is 0 Å². The van der Waals surface area contributed by atoms with Crippen molar-refractivity contribution in [2.24, 2.45) is 17.3 Å². The topological polar surface area (TPSA) is 90.4 Å². The first kappa shape index (κ1) is 34.8. The van der Waals surface area contributed by atoms with E-state index < -0.39 is 35.1 Å². The van der Waals surface area contributed by atoms with E-state index in [2.05, 4.69) is 63.7 Å². The number of carbonyl (C=O) groups excluding carboxylic acids is 3. The number of ether oxygens (including phenoxy) is 1. The third kappa shape index (κ3) is 6.83. The number of aliphatic hydroxyl groups is 1. The Bertz CT molecular complexity index is 1010. The van der Waals surface area contributed by atoms with Gasteiger partial charge in [0.05, 0.1) is 17.9 Å². The van der Waals surface area contributed by atoms with Gasteiger partial charge in [0, 0.05) is 43.2 Å². The Balaban J connectivity index is 2.07. The SMILES string of the molecule is C=CCN(CCC)C(=O)[C@H]1[C@@H]2OC3(CC2Br)C(C(=O)N(CC=C)C(C)(C)CC(C)(C)C)N(CCCCCCO)C(=O)[C@H]13. The van der Waals surface area contributed by atoms with Gasteiger partial charge in [0.2, 0.25) is 17.7 Å². The lowest BCUT2D eigenvalue weighted by atomic mass is 9.70. The average Bonchev–Trinajstić information content (AvgIpc) is 3.48. The molecule has 42 heavy (non-hydrogen) atoms. The summed E-state index contributed by atoms with van der Waals surface area (Å²) in [5.74, 6) is -1.76. The Morgan fingerprint density at radius 2 is 1.74 bits per heavy atom. The second-order valence-corrected chi connectivity index (χ2v) is 15.4. The molecule has 3 heterocycles. The third-order valence-corrected chi connectivity index (χ3v) is 9.89. The van der Waals surface area contributed by atoms with Crippen LogP contribution in [0.4, 0.5) is 0 Å². The Morgan fingerprint density at radius 1 is 1.10 bits per heavy atom. The molecule has 2 bridgehead atoms. The number of hydrogen-bond donors (Lipinski definition) is 1. The standard InChI is InChI=1S/C33H54BrN3O5/c1-9-16-35(17-10-2)28(39)24-25-29(40)36(19-14-12-13-15-20-38)27(33(25)21-23(34)26(24)42-33)30(41)37(18-11-3)32(7,8)22-31(4,5)6/h9,11,23-27,38H,1,3,10,12-22H2,2,4-8H3/t23?,24-,25+,26-,27?,33?/m1/s1. The van der Waals surface area contributed by atoms with Crippen LogP contribution in [-0.2, 0) is 19.1 Å². The van der Waals surface area contributed by atoms with Gasteiger partial charge in [0.15, 0.2) is 0 Å². The van der Waals surface area contributed by atoms with E-state index in [4.69, 9.17) is 4.74 Å². The van der Waals surface area contributed by atoms with E-state index in [-0.39, 0.29) is 34.6 Å². The number of alkyl halides is 1. The summed E-state index contributed by atoms with van der Waals surface area (Å²) in [7, 11) is 0. The molecule has 0 aromatic rings. The van der Waals surface area contributed by atoms with E-state index in [0.29, 0.717) is 45.4 Å². The lowest BCUT2D eigenvalue weighted by Crippen LogP contribution is -2.61. The molecule has 1 N–H and O–H groups in total. The number of rotatable bonds is 16. The van der Waals surface area contributed by atoms with Crippen molar-refractivity contribution in [3.63, 3.8) is 0 Å². The van der Waals surface area contributed by atoms with Crippen LogP contribution in [0.3, 0.4) is 0 Å². The summed E-state index contributed by atoms with van der Waals surface area (Å²) in [5.41, 5.74) is -1.62. The predicted molar refractivity (Wildman–Crippen MR) is 170 cm³/mol. The third-order valence-electron chi connectivity index (χ3n) is 9.04. The highest BCUT2D eigenvalue weighted by atomic mass is 79.9. The molecule has 3 amide bonds. The Hall–Kier alpha value is -1.71. The molecule has 3 unspecified atom stereocenters. The van der Waals surface area contributed by atoms with E-state index in [9.17, 15) is 19.5 Å². The molecule has 0 aromatic heterocycles. The predicted octanol–water partition coefficient (Wildman–Crippen LogP) is 4.94. The molecule has 6 atom stereocenters. The van der Waals surface area contributed by atoms with Gasteiger partial charge in [-0.05, 0) is 51.4 Å². The normalized spacial score (nSPS) is 28.6. The van der Waals surface area contributed by atoms with Gasteiger partial charge in [-0.25, -0.2) is 0 Å². The van der Waals surface area contributed by atoms with Crippen molar-refractivity contribution < 1.29 is 24.2 Å². The molecule has 9 heteroatoms. The number of carbonyl (C=O) groups is 3. The minimum Gasteiger partial charge on any atom is -0.396 e. The number of halogens is 1. The number of likely N-dealkylation sites (tertiary alicyclic amines) is 1. The zero-order valence-electron chi connectivity index (χ0n) is 26.7. The molecule has 238 valence electrons. The first-order valence-electron chi connectivity index (χ1n) is 15.8. The van der Waals surface area contributed by atoms with E-state index in [1.807, 2.05) is 11.8 Å². The van der Waals surface area contributed by atoms with Gasteiger partial charge in [-0.3, -0.25) is 14.4 Å². The van der Waals surface area contributed by atoms with Gasteiger partial charge in [-0.15, -0.1) is 13.2 Å². The molecular formula is C33H54BrN3O5. The molecule has 0 radical (unpaired) electrons. The molecular weight excluding hydrogens is 598 g/mol. The highest BCUT2D eigenvalue weighted by Crippen LogP contribution is 2.60. The highest BCUT2D eigenvalue weighted by molar-refractivity contribution is 9.09. The van der Waals surface area contributed by atoms with E-state index in [0.717, 1.165) is 25.7 Å². The number of hydrogen-bond acceptors (Lipinski definition) is 5. The van der Waals surface area contributed by atoms with Gasteiger partial charge in [0.25, 0.3) is 0 Å². The molecule has 1 spiro atoms. The summed E-state index contributed by atoms with van der Waals surface area (Å²) in [6.45, 7) is 22.3. The van der Waals surface area contributed by atoms with Crippen molar-refractivity contribution in [3.05, 3.63) is 25.3 Å². The fraction of sp³-hybridized carbons (Fsp3) is 0.788. The molecule has 3 aliphatic heterocycles. The zero-order chi connectivity index (χ0) is 31.5. The number of unbranched alkanes of at least 4 members (excludes halogenated alkanes) is 3. The molecule has 3 fully saturated rings. The number of amides is 3. The largest absolute Gasteiger partial charge is 0.396 e. The lowest BCUT2D eigenvalue weighted by molar-refractivity contribution is -0.153. The fourth-order valence-corrected chi connectivity index (χ4v) is 8.86. The maximum Gasteiger partial charge on any atom is 0.249 e. The van der Waals surface area contributed by atoms with Gasteiger partial charge in [0.1, 0.15) is 11.6 Å². The monoisotopic (exact) mass is 651 g/mol.